The van der Waals surface area contributed by atoms with Gasteiger partial charge in [0.15, 0.2) is 5.96 Å². The van der Waals surface area contributed by atoms with Crippen LogP contribution in [0.5, 0.6) is 0 Å². The Bertz CT molecular complexity index is 659. The molecule has 12 N–H and O–H groups in total. The third-order valence-electron chi connectivity index (χ3n) is 4.43. The van der Waals surface area contributed by atoms with E-state index in [1.807, 2.05) is 0 Å². The molecule has 0 saturated heterocycles. The molecule has 0 bridgehead atoms. The van der Waals surface area contributed by atoms with Gasteiger partial charge in [0.25, 0.3) is 0 Å². The van der Waals surface area contributed by atoms with Crippen molar-refractivity contribution in [2.24, 2.45) is 27.9 Å². The van der Waals surface area contributed by atoms with Gasteiger partial charge in [-0.1, -0.05) is 0 Å². The molecular weight excluding hydrogens is 440 g/mol. The number of nitrogens with one attached hydrogen (secondary N) is 3. The van der Waals surface area contributed by atoms with E-state index in [1.165, 1.54) is 6.92 Å². The fourth-order valence-corrected chi connectivity index (χ4v) is 2.73. The van der Waals surface area contributed by atoms with Crippen molar-refractivity contribution >= 4 is 42.3 Å². The van der Waals surface area contributed by atoms with Gasteiger partial charge in [-0.2, -0.15) is 12.6 Å². The Labute approximate surface area is 192 Å². The Balaban J connectivity index is 5.19. The van der Waals surface area contributed by atoms with E-state index in [4.69, 9.17) is 22.9 Å². The largest absolute Gasteiger partial charge is 0.480 e. The van der Waals surface area contributed by atoms with Crippen LogP contribution in [-0.4, -0.2) is 77.8 Å². The van der Waals surface area contributed by atoms with Gasteiger partial charge in [-0.3, -0.25) is 19.4 Å². The van der Waals surface area contributed by atoms with Gasteiger partial charge in [-0.15, -0.1) is 0 Å². The van der Waals surface area contributed by atoms with Crippen molar-refractivity contribution in [1.82, 2.24) is 16.0 Å². The predicted molar refractivity (Wildman–Crippen MR) is 124 cm³/mol. The van der Waals surface area contributed by atoms with Crippen molar-refractivity contribution < 1.29 is 24.3 Å². The number of rotatable bonds is 16. The average molecular weight is 477 g/mol. The number of carbonyl (C=O) groups excluding carboxylic acids is 3. The Kier molecular flexibility index (Phi) is 14.8. The summed E-state index contributed by atoms with van der Waals surface area (Å²) in [6.07, 6.45) is 1.81. The van der Waals surface area contributed by atoms with Crippen LogP contribution in [0.4, 0.5) is 0 Å². The summed E-state index contributed by atoms with van der Waals surface area (Å²) in [5.74, 6) is -3.09. The van der Waals surface area contributed by atoms with Gasteiger partial charge in [0, 0.05) is 12.3 Å². The summed E-state index contributed by atoms with van der Waals surface area (Å²) < 4.78 is 0. The third-order valence-corrected chi connectivity index (χ3v) is 4.82. The van der Waals surface area contributed by atoms with Gasteiger partial charge in [0.05, 0.1) is 6.04 Å². The molecule has 4 atom stereocenters. The molecule has 32 heavy (non-hydrogen) atoms. The minimum Gasteiger partial charge on any atom is -0.480 e. The van der Waals surface area contributed by atoms with Gasteiger partial charge >= 0.3 is 5.97 Å². The van der Waals surface area contributed by atoms with E-state index >= 15 is 0 Å². The highest BCUT2D eigenvalue weighted by molar-refractivity contribution is 7.80. The summed E-state index contributed by atoms with van der Waals surface area (Å²) in [5, 5.41) is 16.8. The molecule has 0 aromatic rings. The van der Waals surface area contributed by atoms with Crippen LogP contribution in [0.2, 0.25) is 0 Å². The maximum absolute atomic E-state index is 12.7. The third kappa shape index (κ3) is 12.3. The number of guanidine groups is 1. The SMILES string of the molecule is CC(NC(=O)C(N)CS)C(=O)NC(CCCN=C(N)N)C(=O)NC(CCCCN)C(=O)O. The molecule has 0 aromatic heterocycles. The molecule has 0 fully saturated rings. The molecule has 184 valence electrons. The second-order valence-corrected chi connectivity index (χ2v) is 7.58. The van der Waals surface area contributed by atoms with Crippen molar-refractivity contribution in [3.05, 3.63) is 0 Å². The van der Waals surface area contributed by atoms with Crippen LogP contribution in [0.25, 0.3) is 0 Å². The molecule has 13 nitrogen and oxygen atoms in total. The fourth-order valence-electron chi connectivity index (χ4n) is 2.56. The Morgan fingerprint density at radius 3 is 2.06 bits per heavy atom. The standard InChI is InChI=1S/C18H36N8O5S/c1-10(24-15(28)11(20)9-32)14(27)25-12(6-4-8-23-18(21)22)16(29)26-13(17(30)31)5-2-3-7-19/h10-13,32H,2-9,19-20H2,1H3,(H,24,28)(H,25,27)(H,26,29)(H,30,31)(H4,21,22,23). The van der Waals surface area contributed by atoms with E-state index < -0.39 is 47.9 Å². The molecule has 3 amide bonds. The lowest BCUT2D eigenvalue weighted by Gasteiger charge is -2.23. The van der Waals surface area contributed by atoms with Gasteiger partial charge < -0.3 is 44.0 Å². The zero-order valence-electron chi connectivity index (χ0n) is 18.3. The predicted octanol–water partition coefficient (Wildman–Crippen LogP) is -3.01. The van der Waals surface area contributed by atoms with E-state index in [0.29, 0.717) is 25.8 Å². The summed E-state index contributed by atoms with van der Waals surface area (Å²) in [7, 11) is 0. The van der Waals surface area contributed by atoms with Crippen molar-refractivity contribution in [2.45, 2.75) is 63.2 Å². The number of nitrogens with zero attached hydrogens (tertiary/aromatic N) is 1. The fraction of sp³-hybridized carbons (Fsp3) is 0.722. The van der Waals surface area contributed by atoms with E-state index in [9.17, 15) is 24.3 Å². The van der Waals surface area contributed by atoms with Gasteiger partial charge in [0.1, 0.15) is 18.1 Å². The Morgan fingerprint density at radius 1 is 0.938 bits per heavy atom. The molecule has 0 rings (SSSR count). The molecule has 0 radical (unpaired) electrons. The quantitative estimate of drug-likeness (QED) is 0.0476. The number of aliphatic imine (C=N–C) groups is 1. The second-order valence-electron chi connectivity index (χ2n) is 7.21. The van der Waals surface area contributed by atoms with E-state index in [1.54, 1.807) is 0 Å². The van der Waals surface area contributed by atoms with Gasteiger partial charge in [0.2, 0.25) is 17.7 Å². The highest BCUT2D eigenvalue weighted by Crippen LogP contribution is 2.05. The number of hydrogen-bond acceptors (Lipinski definition) is 8. The second kappa shape index (κ2) is 16.1. The van der Waals surface area contributed by atoms with E-state index in [2.05, 4.69) is 33.6 Å². The molecule has 0 saturated carbocycles. The summed E-state index contributed by atoms with van der Waals surface area (Å²) in [6, 6.07) is -4.07. The molecule has 0 heterocycles. The Hall–Kier alpha value is -2.58. The van der Waals surface area contributed by atoms with E-state index in [-0.39, 0.29) is 31.1 Å². The normalized spacial score (nSPS) is 14.4. The van der Waals surface area contributed by atoms with Gasteiger partial charge in [-0.25, -0.2) is 4.79 Å². The Morgan fingerprint density at radius 2 is 1.53 bits per heavy atom. The summed E-state index contributed by atoms with van der Waals surface area (Å²) in [5.41, 5.74) is 21.5. The molecule has 4 unspecified atom stereocenters. The van der Waals surface area contributed by atoms with Crippen LogP contribution < -0.4 is 38.9 Å². The van der Waals surface area contributed by atoms with Crippen LogP contribution in [0, 0.1) is 0 Å². The first-order valence-electron chi connectivity index (χ1n) is 10.3. The summed E-state index contributed by atoms with van der Waals surface area (Å²) >= 11 is 3.93. The topological polar surface area (TPSA) is 241 Å². The maximum atomic E-state index is 12.7. The number of unbranched alkanes of at least 4 members (excludes halogenated alkanes) is 1. The van der Waals surface area contributed by atoms with Crippen LogP contribution in [0.15, 0.2) is 4.99 Å². The van der Waals surface area contributed by atoms with Crippen molar-refractivity contribution in [1.29, 1.82) is 0 Å². The molecule has 0 aromatic carbocycles. The molecule has 0 aliphatic carbocycles. The summed E-state index contributed by atoms with van der Waals surface area (Å²) in [6.45, 7) is 2.05. The molecule has 0 aliphatic heterocycles. The van der Waals surface area contributed by atoms with Crippen molar-refractivity contribution in [3.63, 3.8) is 0 Å². The van der Waals surface area contributed by atoms with Crippen LogP contribution in [-0.2, 0) is 19.2 Å². The van der Waals surface area contributed by atoms with Crippen LogP contribution >= 0.6 is 12.6 Å². The van der Waals surface area contributed by atoms with Crippen LogP contribution in [0.1, 0.15) is 39.0 Å². The minimum atomic E-state index is -1.19. The highest BCUT2D eigenvalue weighted by Gasteiger charge is 2.28. The molecule has 0 aliphatic rings. The number of carboxylic acids is 1. The first-order valence-corrected chi connectivity index (χ1v) is 10.9. The minimum absolute atomic E-state index is 0.0940. The first-order chi connectivity index (χ1) is 15.0. The number of amides is 3. The highest BCUT2D eigenvalue weighted by atomic mass is 32.1. The lowest BCUT2D eigenvalue weighted by atomic mass is 10.1. The number of thiol groups is 1. The number of hydrogen-bond donors (Lipinski definition) is 9. The zero-order valence-corrected chi connectivity index (χ0v) is 19.1. The molecule has 0 spiro atoms. The van der Waals surface area contributed by atoms with Crippen LogP contribution in [0.3, 0.4) is 0 Å². The van der Waals surface area contributed by atoms with Crippen molar-refractivity contribution in [2.75, 3.05) is 18.8 Å². The maximum Gasteiger partial charge on any atom is 0.326 e. The number of nitrogens with two attached hydrogens (primary N) is 4. The van der Waals surface area contributed by atoms with Crippen molar-refractivity contribution in [3.8, 4) is 0 Å². The first kappa shape index (κ1) is 29.4. The molecule has 14 heteroatoms. The number of carboxylic acid groups (broad SMARTS) is 1. The zero-order chi connectivity index (χ0) is 24.7. The summed E-state index contributed by atoms with van der Waals surface area (Å²) in [4.78, 5) is 52.4. The lowest BCUT2D eigenvalue weighted by Crippen LogP contribution is -2.56. The average Bonchev–Trinajstić information content (AvgIpc) is 2.73. The van der Waals surface area contributed by atoms with E-state index in [0.717, 1.165) is 0 Å². The lowest BCUT2D eigenvalue weighted by molar-refractivity contribution is -0.142. The smallest absolute Gasteiger partial charge is 0.326 e. The molecular formula is C18H36N8O5S. The number of aliphatic carboxylic acids is 1. The van der Waals surface area contributed by atoms with Gasteiger partial charge in [-0.05, 0) is 45.6 Å². The monoisotopic (exact) mass is 476 g/mol. The number of carbonyl (C=O) groups is 4.